The van der Waals surface area contributed by atoms with Crippen LogP contribution < -0.4 is 4.90 Å². The highest BCUT2D eigenvalue weighted by Gasteiger charge is 2.34. The zero-order chi connectivity index (χ0) is 16.0. The highest BCUT2D eigenvalue weighted by atomic mass is 16.3. The lowest BCUT2D eigenvalue weighted by Crippen LogP contribution is -2.45. The van der Waals surface area contributed by atoms with Crippen LogP contribution in [0.4, 0.5) is 5.82 Å². The molecule has 2 heterocycles. The number of aryl methyl sites for hydroxylation is 1. The van der Waals surface area contributed by atoms with Gasteiger partial charge in [0.05, 0.1) is 6.61 Å². The van der Waals surface area contributed by atoms with Crippen LogP contribution in [0.15, 0.2) is 54.7 Å². The van der Waals surface area contributed by atoms with Crippen molar-refractivity contribution < 1.29 is 5.11 Å². The number of hydrogen-bond acceptors (Lipinski definition) is 3. The third kappa shape index (κ3) is 4.11. The Balaban J connectivity index is 1.61. The lowest BCUT2D eigenvalue weighted by atomic mass is 9.76. The Hall–Kier alpha value is -1.87. The minimum Gasteiger partial charge on any atom is -0.396 e. The van der Waals surface area contributed by atoms with Crippen molar-refractivity contribution in [3.8, 4) is 0 Å². The molecule has 1 aliphatic heterocycles. The van der Waals surface area contributed by atoms with Crippen LogP contribution in [0, 0.1) is 5.41 Å². The van der Waals surface area contributed by atoms with Crippen LogP contribution in [-0.2, 0) is 6.42 Å². The molecule has 1 unspecified atom stereocenters. The first kappa shape index (κ1) is 16.0. The van der Waals surface area contributed by atoms with Gasteiger partial charge in [0, 0.05) is 24.7 Å². The summed E-state index contributed by atoms with van der Waals surface area (Å²) < 4.78 is 0. The van der Waals surface area contributed by atoms with Crippen molar-refractivity contribution in [3.63, 3.8) is 0 Å². The van der Waals surface area contributed by atoms with Crippen molar-refractivity contribution >= 4 is 5.82 Å². The number of hydrogen-bond donors (Lipinski definition) is 1. The molecule has 1 aliphatic rings. The summed E-state index contributed by atoms with van der Waals surface area (Å²) in [6.45, 7) is 2.22. The standard InChI is InChI=1S/C20H26N2O/c23-17-20(12-6-10-18-8-2-1-3-9-18)13-7-15-22(16-20)19-11-4-5-14-21-19/h1-5,8-9,11,14,23H,6-7,10,12-13,15-17H2. The fourth-order valence-electron chi connectivity index (χ4n) is 3.67. The number of piperidine rings is 1. The van der Waals surface area contributed by atoms with E-state index >= 15 is 0 Å². The van der Waals surface area contributed by atoms with Crippen molar-refractivity contribution in [2.75, 3.05) is 24.6 Å². The van der Waals surface area contributed by atoms with E-state index in [0.29, 0.717) is 0 Å². The van der Waals surface area contributed by atoms with E-state index in [9.17, 15) is 5.11 Å². The molecule has 1 N–H and O–H groups in total. The molecule has 1 aromatic carbocycles. The average Bonchev–Trinajstić information content (AvgIpc) is 2.63. The smallest absolute Gasteiger partial charge is 0.128 e. The summed E-state index contributed by atoms with van der Waals surface area (Å²) in [6.07, 6.45) is 7.37. The lowest BCUT2D eigenvalue weighted by molar-refractivity contribution is 0.0939. The average molecular weight is 310 g/mol. The number of benzene rings is 1. The maximum atomic E-state index is 10.1. The second kappa shape index (κ2) is 7.60. The largest absolute Gasteiger partial charge is 0.396 e. The minimum absolute atomic E-state index is 0.0184. The molecular weight excluding hydrogens is 284 g/mol. The van der Waals surface area contributed by atoms with Crippen molar-refractivity contribution in [2.45, 2.75) is 32.1 Å². The van der Waals surface area contributed by atoms with Crippen LogP contribution in [0.1, 0.15) is 31.2 Å². The van der Waals surface area contributed by atoms with Crippen LogP contribution in [0.25, 0.3) is 0 Å². The highest BCUT2D eigenvalue weighted by Crippen LogP contribution is 2.36. The van der Waals surface area contributed by atoms with Gasteiger partial charge in [0.2, 0.25) is 0 Å². The predicted molar refractivity (Wildman–Crippen MR) is 94.6 cm³/mol. The Morgan fingerprint density at radius 2 is 1.91 bits per heavy atom. The molecule has 2 aromatic rings. The second-order valence-electron chi connectivity index (χ2n) is 6.71. The van der Waals surface area contributed by atoms with Gasteiger partial charge in [-0.3, -0.25) is 0 Å². The van der Waals surface area contributed by atoms with Gasteiger partial charge in [0.25, 0.3) is 0 Å². The number of aliphatic hydroxyl groups is 1. The van der Waals surface area contributed by atoms with Gasteiger partial charge in [-0.1, -0.05) is 36.4 Å². The minimum atomic E-state index is 0.0184. The fraction of sp³-hybridized carbons (Fsp3) is 0.450. The normalized spacial score (nSPS) is 21.3. The van der Waals surface area contributed by atoms with Gasteiger partial charge in [-0.05, 0) is 49.8 Å². The van der Waals surface area contributed by atoms with Crippen molar-refractivity contribution in [3.05, 3.63) is 60.3 Å². The number of anilines is 1. The van der Waals surface area contributed by atoms with E-state index in [1.807, 2.05) is 18.3 Å². The van der Waals surface area contributed by atoms with E-state index in [1.54, 1.807) is 0 Å². The molecule has 1 saturated heterocycles. The molecule has 23 heavy (non-hydrogen) atoms. The van der Waals surface area contributed by atoms with Gasteiger partial charge >= 0.3 is 0 Å². The van der Waals surface area contributed by atoms with E-state index in [-0.39, 0.29) is 12.0 Å². The molecule has 0 amide bonds. The quantitative estimate of drug-likeness (QED) is 0.884. The fourth-order valence-corrected chi connectivity index (χ4v) is 3.67. The maximum Gasteiger partial charge on any atom is 0.128 e. The van der Waals surface area contributed by atoms with Crippen molar-refractivity contribution in [1.82, 2.24) is 4.98 Å². The first-order chi connectivity index (χ1) is 11.3. The van der Waals surface area contributed by atoms with Crippen LogP contribution in [0.5, 0.6) is 0 Å². The summed E-state index contributed by atoms with van der Waals surface area (Å²) in [7, 11) is 0. The number of rotatable bonds is 6. The van der Waals surface area contributed by atoms with Gasteiger partial charge in [-0.2, -0.15) is 0 Å². The molecule has 0 bridgehead atoms. The van der Waals surface area contributed by atoms with Gasteiger partial charge in [0.1, 0.15) is 5.82 Å². The Bertz CT molecular complexity index is 587. The van der Waals surface area contributed by atoms with Gasteiger partial charge in [-0.15, -0.1) is 0 Å². The summed E-state index contributed by atoms with van der Waals surface area (Å²) in [5, 5.41) is 10.1. The number of nitrogens with zero attached hydrogens (tertiary/aromatic N) is 2. The molecule has 1 fully saturated rings. The van der Waals surface area contributed by atoms with E-state index < -0.39 is 0 Å². The molecule has 0 saturated carbocycles. The summed E-state index contributed by atoms with van der Waals surface area (Å²) >= 11 is 0. The van der Waals surface area contributed by atoms with Gasteiger partial charge in [-0.25, -0.2) is 4.98 Å². The third-order valence-electron chi connectivity index (χ3n) is 4.99. The Morgan fingerprint density at radius 3 is 2.65 bits per heavy atom. The molecule has 122 valence electrons. The van der Waals surface area contributed by atoms with E-state index in [4.69, 9.17) is 0 Å². The summed E-state index contributed by atoms with van der Waals surface area (Å²) in [5.74, 6) is 1.04. The zero-order valence-corrected chi connectivity index (χ0v) is 13.7. The SMILES string of the molecule is OCC1(CCCc2ccccc2)CCCN(c2ccccn2)C1. The first-order valence-electron chi connectivity index (χ1n) is 8.62. The molecule has 3 rings (SSSR count). The third-order valence-corrected chi connectivity index (χ3v) is 4.99. The summed E-state index contributed by atoms with van der Waals surface area (Å²) in [5.41, 5.74) is 1.41. The zero-order valence-electron chi connectivity index (χ0n) is 13.7. The lowest BCUT2D eigenvalue weighted by Gasteiger charge is -2.42. The van der Waals surface area contributed by atoms with Gasteiger partial charge < -0.3 is 10.0 Å². The monoisotopic (exact) mass is 310 g/mol. The van der Waals surface area contributed by atoms with E-state index in [0.717, 1.165) is 51.0 Å². The topological polar surface area (TPSA) is 36.4 Å². The van der Waals surface area contributed by atoms with Crippen molar-refractivity contribution in [1.29, 1.82) is 0 Å². The Labute approximate surface area is 139 Å². The molecular formula is C20H26N2O. The van der Waals surface area contributed by atoms with E-state index in [2.05, 4.69) is 46.3 Å². The molecule has 0 radical (unpaired) electrons. The van der Waals surface area contributed by atoms with Gasteiger partial charge in [0.15, 0.2) is 0 Å². The predicted octanol–water partition coefficient (Wildman–Crippen LogP) is 3.68. The van der Waals surface area contributed by atoms with Crippen LogP contribution in [0.2, 0.25) is 0 Å². The number of aliphatic hydroxyl groups excluding tert-OH is 1. The Kier molecular flexibility index (Phi) is 5.29. The summed E-state index contributed by atoms with van der Waals surface area (Å²) in [4.78, 5) is 6.81. The Morgan fingerprint density at radius 1 is 1.09 bits per heavy atom. The maximum absolute atomic E-state index is 10.1. The van der Waals surface area contributed by atoms with Crippen LogP contribution >= 0.6 is 0 Å². The second-order valence-corrected chi connectivity index (χ2v) is 6.71. The van der Waals surface area contributed by atoms with Crippen molar-refractivity contribution in [2.24, 2.45) is 5.41 Å². The molecule has 3 nitrogen and oxygen atoms in total. The molecule has 1 aromatic heterocycles. The van der Waals surface area contributed by atoms with E-state index in [1.165, 1.54) is 5.56 Å². The number of aromatic nitrogens is 1. The first-order valence-corrected chi connectivity index (χ1v) is 8.62. The number of pyridine rings is 1. The highest BCUT2D eigenvalue weighted by molar-refractivity contribution is 5.38. The molecule has 0 spiro atoms. The van der Waals surface area contributed by atoms with Crippen LogP contribution in [-0.4, -0.2) is 29.8 Å². The molecule has 1 atom stereocenters. The molecule has 0 aliphatic carbocycles. The van der Waals surface area contributed by atoms with Crippen LogP contribution in [0.3, 0.4) is 0 Å². The summed E-state index contributed by atoms with van der Waals surface area (Å²) in [6, 6.07) is 16.7. The molecule has 3 heteroatoms.